The van der Waals surface area contributed by atoms with Gasteiger partial charge in [0.1, 0.15) is 0 Å². The third-order valence-electron chi connectivity index (χ3n) is 0.567. The topological polar surface area (TPSA) is 0 Å². The molecule has 0 radical (unpaired) electrons. The van der Waals surface area contributed by atoms with E-state index in [1.54, 1.807) is 0 Å². The van der Waals surface area contributed by atoms with Gasteiger partial charge in [-0.05, 0) is 0 Å². The van der Waals surface area contributed by atoms with Crippen molar-refractivity contribution in [3.63, 3.8) is 0 Å². The Kier molecular flexibility index (Phi) is 3.48. The van der Waals surface area contributed by atoms with Crippen molar-refractivity contribution in [2.75, 3.05) is 0 Å². The molecule has 0 spiro atoms. The first-order valence-corrected chi connectivity index (χ1v) is 7.32. The van der Waals surface area contributed by atoms with E-state index in [0.717, 1.165) is 0 Å². The Bertz CT molecular complexity index is 73.1. The van der Waals surface area contributed by atoms with Crippen LogP contribution in [0.4, 0.5) is 0 Å². The summed E-state index contributed by atoms with van der Waals surface area (Å²) in [5.74, 6) is 0. The minimum absolute atomic E-state index is 0.887. The van der Waals surface area contributed by atoms with Crippen LogP contribution < -0.4 is 0 Å². The summed E-state index contributed by atoms with van der Waals surface area (Å²) in [5.41, 5.74) is 0. The van der Waals surface area contributed by atoms with Gasteiger partial charge in [-0.25, -0.2) is 0 Å². The molecule has 2 heteroatoms. The van der Waals surface area contributed by atoms with Crippen molar-refractivity contribution in [1.82, 2.24) is 0 Å². The lowest BCUT2D eigenvalue weighted by atomic mass is 11.3. The van der Waals surface area contributed by atoms with Crippen molar-refractivity contribution in [2.24, 2.45) is 0 Å². The van der Waals surface area contributed by atoms with Crippen LogP contribution in [0.1, 0.15) is 0 Å². The van der Waals surface area contributed by atoms with E-state index in [4.69, 9.17) is 0 Å². The van der Waals surface area contributed by atoms with Gasteiger partial charge < -0.3 is 0 Å². The third-order valence-corrected chi connectivity index (χ3v) is 4.47. The summed E-state index contributed by atoms with van der Waals surface area (Å²) in [6, 6.07) is 0. The summed E-state index contributed by atoms with van der Waals surface area (Å²) in [5, 5.41) is 4.29. The van der Waals surface area contributed by atoms with Crippen molar-refractivity contribution in [2.45, 2.75) is 19.6 Å². The van der Waals surface area contributed by atoms with E-state index in [-0.39, 0.29) is 0 Å². The highest BCUT2D eigenvalue weighted by molar-refractivity contribution is 7.86. The molecule has 0 aromatic rings. The van der Waals surface area contributed by atoms with Gasteiger partial charge in [0.2, 0.25) is 0 Å². The molecule has 8 heavy (non-hydrogen) atoms. The van der Waals surface area contributed by atoms with E-state index in [9.17, 15) is 0 Å². The predicted octanol–water partition coefficient (Wildman–Crippen LogP) is 1.98. The fraction of sp³-hybridized carbons (Fsp3) is 0.500. The number of hydrogen-bond donors (Lipinski definition) is 0. The molecular weight excluding hydrogens is 132 g/mol. The van der Waals surface area contributed by atoms with E-state index in [0.29, 0.717) is 0 Å². The largest absolute Gasteiger partial charge is 0.156 e. The zero-order valence-corrected chi connectivity index (χ0v) is 7.70. The van der Waals surface area contributed by atoms with E-state index in [1.165, 1.54) is 11.8 Å². The second-order valence-corrected chi connectivity index (χ2v) is 9.25. The van der Waals surface area contributed by atoms with Gasteiger partial charge in [0, 0.05) is 0 Å². The molecule has 0 saturated carbocycles. The quantitative estimate of drug-likeness (QED) is 0.247. The van der Waals surface area contributed by atoms with Gasteiger partial charge in [0.25, 0.3) is 0 Å². The Hall–Kier alpha value is 0.307. The van der Waals surface area contributed by atoms with Crippen molar-refractivity contribution >= 4 is 19.8 Å². The summed E-state index contributed by atoms with van der Waals surface area (Å²) in [6.45, 7) is 10.6. The molecule has 0 aliphatic carbocycles. The standard InChI is InChI=1S/C6H14SSi/c1-5-7-6-8(2,3)4/h5-7H,1H2,2-4H3. The van der Waals surface area contributed by atoms with Crippen LogP contribution in [-0.2, 0) is 11.8 Å². The number of rotatable bonds is 3. The zero-order chi connectivity index (χ0) is 6.62. The molecule has 0 saturated heterocycles. The van der Waals surface area contributed by atoms with Gasteiger partial charge >= 0.3 is 0 Å². The SMILES string of the molecule is C=C[SH+][CH-][Si](C)(C)C. The lowest BCUT2D eigenvalue weighted by Gasteiger charge is -2.18. The highest BCUT2D eigenvalue weighted by Gasteiger charge is 2.03. The van der Waals surface area contributed by atoms with E-state index >= 15 is 0 Å². The molecule has 48 valence electrons. The van der Waals surface area contributed by atoms with Crippen molar-refractivity contribution in [3.8, 4) is 0 Å². The molecule has 0 fully saturated rings. The highest BCUT2D eigenvalue weighted by Crippen LogP contribution is 2.05. The molecule has 0 aliphatic rings. The summed E-state index contributed by atoms with van der Waals surface area (Å²) < 4.78 is 0. The molecule has 0 nitrogen and oxygen atoms in total. The first-order valence-electron chi connectivity index (χ1n) is 2.71. The fourth-order valence-corrected chi connectivity index (χ4v) is 2.49. The molecule has 0 N–H and O–H groups in total. The number of thiol groups is 1. The molecule has 0 rings (SSSR count). The third kappa shape index (κ3) is 6.31. The van der Waals surface area contributed by atoms with Crippen LogP contribution in [0.2, 0.25) is 19.6 Å². The van der Waals surface area contributed by atoms with Crippen LogP contribution in [0.15, 0.2) is 12.0 Å². The van der Waals surface area contributed by atoms with Crippen LogP contribution in [0, 0.1) is 5.38 Å². The van der Waals surface area contributed by atoms with E-state index in [2.05, 4.69) is 31.6 Å². The molecular formula is C6H14SSi. The molecule has 0 heterocycles. The summed E-state index contributed by atoms with van der Waals surface area (Å²) in [7, 11) is -0.887. The molecule has 0 unspecified atom stereocenters. The maximum absolute atomic E-state index is 3.64. The van der Waals surface area contributed by atoms with Crippen LogP contribution in [0.25, 0.3) is 0 Å². The van der Waals surface area contributed by atoms with E-state index in [1.807, 2.05) is 5.41 Å². The minimum Gasteiger partial charge on any atom is -0.156 e. The molecule has 0 aromatic heterocycles. The maximum Gasteiger partial charge on any atom is 0.0785 e. The lowest BCUT2D eigenvalue weighted by Crippen LogP contribution is -2.20. The fourth-order valence-electron chi connectivity index (χ4n) is 0.276. The number of hydrogen-bond acceptors (Lipinski definition) is 0. The average molecular weight is 146 g/mol. The average Bonchev–Trinajstić information content (AvgIpc) is 1.59. The Morgan fingerprint density at radius 1 is 1.50 bits per heavy atom. The van der Waals surface area contributed by atoms with Crippen LogP contribution in [-0.4, -0.2) is 8.07 Å². The first-order chi connectivity index (χ1) is 3.56. The molecule has 0 aromatic carbocycles. The second kappa shape index (κ2) is 3.36. The van der Waals surface area contributed by atoms with Crippen molar-refractivity contribution < 1.29 is 0 Å². The maximum atomic E-state index is 3.64. The summed E-state index contributed by atoms with van der Waals surface area (Å²) >= 11 is 1.29. The van der Waals surface area contributed by atoms with Crippen molar-refractivity contribution in [1.29, 1.82) is 0 Å². The lowest BCUT2D eigenvalue weighted by molar-refractivity contribution is 1.76. The van der Waals surface area contributed by atoms with Crippen LogP contribution in [0.3, 0.4) is 0 Å². The Morgan fingerprint density at radius 3 is 2.12 bits per heavy atom. The van der Waals surface area contributed by atoms with Crippen molar-refractivity contribution in [3.05, 3.63) is 17.4 Å². The van der Waals surface area contributed by atoms with Gasteiger partial charge in [-0.3, -0.25) is 0 Å². The smallest absolute Gasteiger partial charge is 0.0785 e. The molecule has 0 aliphatic heterocycles. The normalized spacial score (nSPS) is 11.4. The molecule has 0 atom stereocenters. The highest BCUT2D eigenvalue weighted by atomic mass is 32.2. The first kappa shape index (κ1) is 8.31. The van der Waals surface area contributed by atoms with Crippen LogP contribution >= 0.6 is 0 Å². The Morgan fingerprint density at radius 2 is 2.00 bits per heavy atom. The van der Waals surface area contributed by atoms with Crippen LogP contribution in [0.5, 0.6) is 0 Å². The zero-order valence-electron chi connectivity index (χ0n) is 5.81. The van der Waals surface area contributed by atoms with Gasteiger partial charge in [-0.1, -0.05) is 34.3 Å². The van der Waals surface area contributed by atoms with E-state index < -0.39 is 8.07 Å². The Balaban J connectivity index is 3.24. The predicted molar refractivity (Wildman–Crippen MR) is 46.6 cm³/mol. The Labute approximate surface area is 57.4 Å². The van der Waals surface area contributed by atoms with Gasteiger partial charge in [-0.2, -0.15) is 11.8 Å². The molecule has 0 amide bonds. The molecule has 0 bridgehead atoms. The minimum atomic E-state index is -0.887. The van der Waals surface area contributed by atoms with Gasteiger partial charge in [0.05, 0.1) is 5.41 Å². The summed E-state index contributed by atoms with van der Waals surface area (Å²) in [6.07, 6.45) is 0. The second-order valence-electron chi connectivity index (χ2n) is 2.83. The van der Waals surface area contributed by atoms with Gasteiger partial charge in [-0.15, -0.1) is 5.38 Å². The van der Waals surface area contributed by atoms with Gasteiger partial charge in [0.15, 0.2) is 0 Å². The monoisotopic (exact) mass is 146 g/mol. The summed E-state index contributed by atoms with van der Waals surface area (Å²) in [4.78, 5) is 0.